The second-order valence-corrected chi connectivity index (χ2v) is 11.0. The minimum Gasteiger partial charge on any atom is -0.508 e. The van der Waals surface area contributed by atoms with E-state index in [2.05, 4.69) is 15.4 Å². The van der Waals surface area contributed by atoms with Crippen molar-refractivity contribution in [3.63, 3.8) is 0 Å². The molecule has 0 saturated carbocycles. The molecule has 3 N–H and O–H groups in total. The van der Waals surface area contributed by atoms with Gasteiger partial charge in [0, 0.05) is 5.54 Å². The maximum Gasteiger partial charge on any atom is 0.408 e. The molecular weight excluding hydrogens is 478 g/mol. The van der Waals surface area contributed by atoms with Gasteiger partial charge in [-0.2, -0.15) is 0 Å². The number of hydrogen-bond donors (Lipinski definition) is 3. The fourth-order valence-electron chi connectivity index (χ4n) is 3.64. The van der Waals surface area contributed by atoms with Gasteiger partial charge in [-0.15, -0.1) is 0 Å². The number of nitrogens with one attached hydrogen (secondary N) is 2. The van der Waals surface area contributed by atoms with Crippen LogP contribution < -0.4 is 10.6 Å². The van der Waals surface area contributed by atoms with Gasteiger partial charge < -0.3 is 30.1 Å². The molecule has 0 radical (unpaired) electrons. The number of esters is 1. The molecule has 0 aliphatic rings. The number of alkyl carbamates (subject to hydrolysis) is 1. The molecule has 0 aromatic heterocycles. The van der Waals surface area contributed by atoms with Crippen molar-refractivity contribution in [3.8, 4) is 5.75 Å². The van der Waals surface area contributed by atoms with Crippen LogP contribution in [0.25, 0.3) is 0 Å². The van der Waals surface area contributed by atoms with Crippen LogP contribution in [-0.4, -0.2) is 64.7 Å². The van der Waals surface area contributed by atoms with Crippen molar-refractivity contribution in [1.82, 2.24) is 15.5 Å². The quantitative estimate of drug-likeness (QED) is 0.401. The minimum absolute atomic E-state index is 0.0387. The van der Waals surface area contributed by atoms with E-state index in [1.165, 1.54) is 18.1 Å². The fourth-order valence-corrected chi connectivity index (χ4v) is 3.64. The maximum absolute atomic E-state index is 14.2. The molecule has 0 aliphatic carbocycles. The zero-order valence-corrected chi connectivity index (χ0v) is 23.7. The number of methoxy groups -OCH3 is 1. The van der Waals surface area contributed by atoms with E-state index in [1.807, 2.05) is 20.8 Å². The molecule has 3 amide bonds. The smallest absolute Gasteiger partial charge is 0.408 e. The summed E-state index contributed by atoms with van der Waals surface area (Å²) in [6, 6.07) is 2.45. The van der Waals surface area contributed by atoms with Crippen molar-refractivity contribution < 1.29 is 33.8 Å². The topological polar surface area (TPSA) is 134 Å². The van der Waals surface area contributed by atoms with Crippen LogP contribution >= 0.6 is 0 Å². The molecule has 1 aromatic rings. The largest absolute Gasteiger partial charge is 0.508 e. The Morgan fingerprint density at radius 1 is 1.08 bits per heavy atom. The van der Waals surface area contributed by atoms with Gasteiger partial charge in [-0.05, 0) is 77.1 Å². The average Bonchev–Trinajstić information content (AvgIpc) is 2.79. The normalized spacial score (nSPS) is 13.4. The number of ether oxygens (including phenoxy) is 2. The fraction of sp³-hybridized carbons (Fsp3) is 0.630. The Hall–Kier alpha value is -3.30. The van der Waals surface area contributed by atoms with Gasteiger partial charge in [0.2, 0.25) is 11.8 Å². The van der Waals surface area contributed by atoms with E-state index in [9.17, 15) is 24.3 Å². The van der Waals surface area contributed by atoms with Crippen LogP contribution in [0.5, 0.6) is 5.75 Å². The lowest BCUT2D eigenvalue weighted by Crippen LogP contribution is -2.60. The first kappa shape index (κ1) is 31.7. The summed E-state index contributed by atoms with van der Waals surface area (Å²) in [6.07, 6.45) is -0.269. The van der Waals surface area contributed by atoms with E-state index in [4.69, 9.17) is 4.74 Å². The molecule has 10 heteroatoms. The summed E-state index contributed by atoms with van der Waals surface area (Å²) >= 11 is 0. The van der Waals surface area contributed by atoms with Crippen molar-refractivity contribution >= 4 is 23.9 Å². The summed E-state index contributed by atoms with van der Waals surface area (Å²) in [5.74, 6) is -2.04. The van der Waals surface area contributed by atoms with E-state index in [0.717, 1.165) is 0 Å². The highest BCUT2D eigenvalue weighted by atomic mass is 16.6. The number of hydrogen-bond acceptors (Lipinski definition) is 7. The maximum atomic E-state index is 14.2. The molecule has 0 bridgehead atoms. The van der Waals surface area contributed by atoms with E-state index in [1.54, 1.807) is 53.7 Å². The van der Waals surface area contributed by atoms with Crippen molar-refractivity contribution in [2.24, 2.45) is 5.92 Å². The van der Waals surface area contributed by atoms with Gasteiger partial charge in [0.05, 0.1) is 7.11 Å². The molecule has 0 saturated heterocycles. The van der Waals surface area contributed by atoms with Crippen molar-refractivity contribution in [2.45, 2.75) is 92.0 Å². The third-order valence-corrected chi connectivity index (χ3v) is 6.04. The Bertz CT molecular complexity index is 983. The summed E-state index contributed by atoms with van der Waals surface area (Å²) in [7, 11) is 1.21. The number of aromatic hydroxyl groups is 1. The second kappa shape index (κ2) is 12.8. The lowest BCUT2D eigenvalue weighted by atomic mass is 9.90. The number of phenolic OH excluding ortho intramolecular Hbond substituents is 1. The Kier molecular flexibility index (Phi) is 11.0. The van der Waals surface area contributed by atoms with Crippen molar-refractivity contribution in [1.29, 1.82) is 0 Å². The van der Waals surface area contributed by atoms with Gasteiger partial charge in [0.1, 0.15) is 30.0 Å². The number of rotatable bonds is 10. The number of benzene rings is 1. The number of carbonyl (C=O) groups is 4. The Morgan fingerprint density at radius 3 is 2.14 bits per heavy atom. The van der Waals surface area contributed by atoms with E-state index in [0.29, 0.717) is 17.5 Å². The third kappa shape index (κ3) is 8.94. The van der Waals surface area contributed by atoms with Crippen LogP contribution in [0.1, 0.15) is 79.0 Å². The molecule has 0 aliphatic heterocycles. The zero-order valence-electron chi connectivity index (χ0n) is 23.7. The van der Waals surface area contributed by atoms with Gasteiger partial charge in [-0.25, -0.2) is 4.79 Å². The summed E-state index contributed by atoms with van der Waals surface area (Å²) in [5.41, 5.74) is -0.667. The SMILES string of the molecule is CCC(C)(C)N(C(=O)C(NC(=O)OC(C)(C)C)C(C)C)C(C(=O)NCC(=O)OC)c1ccc(O)c(C)c1. The van der Waals surface area contributed by atoms with Crippen LogP contribution in [0.2, 0.25) is 0 Å². The highest BCUT2D eigenvalue weighted by Crippen LogP contribution is 2.34. The lowest BCUT2D eigenvalue weighted by Gasteiger charge is -2.45. The molecule has 37 heavy (non-hydrogen) atoms. The zero-order chi connectivity index (χ0) is 28.7. The van der Waals surface area contributed by atoms with Crippen LogP contribution in [0.15, 0.2) is 18.2 Å². The highest BCUT2D eigenvalue weighted by molar-refractivity contribution is 5.93. The second-order valence-electron chi connectivity index (χ2n) is 11.0. The first-order chi connectivity index (χ1) is 16.9. The minimum atomic E-state index is -1.17. The number of aryl methyl sites for hydroxylation is 1. The summed E-state index contributed by atoms with van der Waals surface area (Å²) < 4.78 is 10.0. The molecule has 1 rings (SSSR count). The summed E-state index contributed by atoms with van der Waals surface area (Å²) in [4.78, 5) is 53.6. The predicted molar refractivity (Wildman–Crippen MR) is 140 cm³/mol. The first-order valence-corrected chi connectivity index (χ1v) is 12.4. The van der Waals surface area contributed by atoms with Crippen LogP contribution in [0.3, 0.4) is 0 Å². The molecule has 208 valence electrons. The Morgan fingerprint density at radius 2 is 1.68 bits per heavy atom. The first-order valence-electron chi connectivity index (χ1n) is 12.4. The number of nitrogens with zero attached hydrogens (tertiary/aromatic N) is 1. The van der Waals surface area contributed by atoms with Crippen LogP contribution in [0, 0.1) is 12.8 Å². The van der Waals surface area contributed by atoms with Crippen LogP contribution in [-0.2, 0) is 23.9 Å². The van der Waals surface area contributed by atoms with Gasteiger partial charge in [-0.3, -0.25) is 14.4 Å². The highest BCUT2D eigenvalue weighted by Gasteiger charge is 2.44. The molecule has 2 atom stereocenters. The molecule has 0 heterocycles. The summed E-state index contributed by atoms with van der Waals surface area (Å²) in [5, 5.41) is 15.3. The molecule has 10 nitrogen and oxygen atoms in total. The number of carbonyl (C=O) groups excluding carboxylic acids is 4. The monoisotopic (exact) mass is 521 g/mol. The van der Waals surface area contributed by atoms with Gasteiger partial charge in [-0.1, -0.05) is 26.8 Å². The van der Waals surface area contributed by atoms with E-state index < -0.39 is 47.1 Å². The third-order valence-electron chi connectivity index (χ3n) is 6.04. The molecule has 0 spiro atoms. The van der Waals surface area contributed by atoms with Crippen LogP contribution in [0.4, 0.5) is 4.79 Å². The van der Waals surface area contributed by atoms with Gasteiger partial charge in [0.25, 0.3) is 0 Å². The van der Waals surface area contributed by atoms with E-state index in [-0.39, 0.29) is 18.2 Å². The summed E-state index contributed by atoms with van der Waals surface area (Å²) in [6.45, 7) is 15.6. The lowest BCUT2D eigenvalue weighted by molar-refractivity contribution is -0.151. The Labute approximate surface area is 220 Å². The molecule has 0 fully saturated rings. The molecule has 1 aromatic carbocycles. The average molecular weight is 522 g/mol. The van der Waals surface area contributed by atoms with Crippen molar-refractivity contribution in [2.75, 3.05) is 13.7 Å². The van der Waals surface area contributed by atoms with Gasteiger partial charge in [0.15, 0.2) is 0 Å². The molecule has 2 unspecified atom stereocenters. The van der Waals surface area contributed by atoms with Gasteiger partial charge >= 0.3 is 12.1 Å². The number of amides is 3. The predicted octanol–water partition coefficient (Wildman–Crippen LogP) is 3.60. The van der Waals surface area contributed by atoms with Crippen molar-refractivity contribution in [3.05, 3.63) is 29.3 Å². The Balaban J connectivity index is 3.66. The number of phenols is 1. The standard InChI is InChI=1S/C27H43N3O7/c1-11-27(8,9)30(24(34)21(16(2)3)29-25(35)37-26(5,6)7)22(23(33)28-15-20(32)36-10)18-12-13-19(31)17(4)14-18/h12-14,16,21-22,31H,11,15H2,1-10H3,(H,28,33)(H,29,35). The van der Waals surface area contributed by atoms with E-state index >= 15 is 0 Å². The molecular formula is C27H43N3O7.